The molecule has 0 amide bonds. The second kappa shape index (κ2) is 8.17. The van der Waals surface area contributed by atoms with E-state index in [1.807, 2.05) is 31.2 Å². The van der Waals surface area contributed by atoms with Gasteiger partial charge in [0.25, 0.3) is 0 Å². The Hall–Kier alpha value is -1.07. The highest BCUT2D eigenvalue weighted by Crippen LogP contribution is 2.12. The minimum absolute atomic E-state index is 0.0809. The van der Waals surface area contributed by atoms with E-state index in [4.69, 9.17) is 10.5 Å². The molecule has 0 heterocycles. The number of nitrogens with two attached hydrogens (primary N) is 1. The summed E-state index contributed by atoms with van der Waals surface area (Å²) in [5, 5.41) is 0. The molecule has 1 aromatic rings. The van der Waals surface area contributed by atoms with Crippen LogP contribution in [0, 0.1) is 0 Å². The Morgan fingerprint density at radius 2 is 1.84 bits per heavy atom. The van der Waals surface area contributed by atoms with Gasteiger partial charge in [0, 0.05) is 0 Å². The smallest absolute Gasteiger partial charge is 0.153 e. The Labute approximate surface area is 115 Å². The van der Waals surface area contributed by atoms with Crippen LogP contribution in [0.4, 0.5) is 0 Å². The van der Waals surface area contributed by atoms with E-state index in [1.165, 1.54) is 0 Å². The third kappa shape index (κ3) is 6.59. The quantitative estimate of drug-likeness (QED) is 0.751. The first kappa shape index (κ1) is 16.0. The largest absolute Gasteiger partial charge is 0.493 e. The monoisotopic (exact) mass is 285 g/mol. The first-order valence-corrected chi connectivity index (χ1v) is 8.52. The van der Waals surface area contributed by atoms with E-state index in [9.17, 15) is 8.42 Å². The summed E-state index contributed by atoms with van der Waals surface area (Å²) < 4.78 is 28.7. The maximum absolute atomic E-state index is 11.6. The molecule has 2 N–H and O–H groups in total. The van der Waals surface area contributed by atoms with Gasteiger partial charge in [-0.2, -0.15) is 0 Å². The second-order valence-electron chi connectivity index (χ2n) is 4.54. The zero-order valence-corrected chi connectivity index (χ0v) is 12.3. The van der Waals surface area contributed by atoms with Gasteiger partial charge in [0.15, 0.2) is 9.84 Å². The number of ether oxygens (including phenoxy) is 1. The lowest BCUT2D eigenvalue weighted by atomic mass is 10.1. The van der Waals surface area contributed by atoms with Crippen molar-refractivity contribution < 1.29 is 13.2 Å². The molecule has 0 fully saturated rings. The van der Waals surface area contributed by atoms with Crippen LogP contribution >= 0.6 is 0 Å². The molecule has 0 bridgehead atoms. The van der Waals surface area contributed by atoms with Gasteiger partial charge in [-0.15, -0.1) is 0 Å². The van der Waals surface area contributed by atoms with Crippen LogP contribution in [0.2, 0.25) is 0 Å². The molecule has 0 atom stereocenters. The number of hydrogen-bond acceptors (Lipinski definition) is 4. The molecule has 19 heavy (non-hydrogen) atoms. The van der Waals surface area contributed by atoms with Crippen LogP contribution < -0.4 is 10.5 Å². The molecule has 4 nitrogen and oxygen atoms in total. The molecule has 0 aliphatic carbocycles. The van der Waals surface area contributed by atoms with Gasteiger partial charge in [0.1, 0.15) is 12.4 Å². The Kier molecular flexibility index (Phi) is 6.87. The Bertz CT molecular complexity index is 454. The third-order valence-corrected chi connectivity index (χ3v) is 4.53. The molecule has 0 aliphatic rings. The van der Waals surface area contributed by atoms with Crippen molar-refractivity contribution in [2.45, 2.75) is 26.2 Å². The van der Waals surface area contributed by atoms with Gasteiger partial charge in [-0.1, -0.05) is 25.5 Å². The zero-order valence-electron chi connectivity index (χ0n) is 11.5. The lowest BCUT2D eigenvalue weighted by molar-refractivity contribution is 0.340. The molecule has 0 saturated carbocycles. The molecule has 108 valence electrons. The molecule has 0 aliphatic heterocycles. The number of sulfone groups is 1. The maximum Gasteiger partial charge on any atom is 0.153 e. The molecular weight excluding hydrogens is 262 g/mol. The lowest BCUT2D eigenvalue weighted by Gasteiger charge is -2.07. The van der Waals surface area contributed by atoms with E-state index in [0.717, 1.165) is 24.8 Å². The standard InChI is InChI=1S/C14H23NO3S/c1-2-3-11-19(16,17)12-10-18-14-6-4-13(5-7-14)8-9-15/h4-7H,2-3,8-12,15H2,1H3. The van der Waals surface area contributed by atoms with Crippen LogP contribution in [-0.4, -0.2) is 33.1 Å². The highest BCUT2D eigenvalue weighted by Gasteiger charge is 2.10. The van der Waals surface area contributed by atoms with E-state index in [2.05, 4.69) is 0 Å². The van der Waals surface area contributed by atoms with Gasteiger partial charge in [0.05, 0.1) is 11.5 Å². The highest BCUT2D eigenvalue weighted by atomic mass is 32.2. The lowest BCUT2D eigenvalue weighted by Crippen LogP contribution is -2.17. The predicted molar refractivity (Wildman–Crippen MR) is 78.3 cm³/mol. The average molecular weight is 285 g/mol. The summed E-state index contributed by atoms with van der Waals surface area (Å²) >= 11 is 0. The summed E-state index contributed by atoms with van der Waals surface area (Å²) in [6.45, 7) is 2.81. The molecule has 0 unspecified atom stereocenters. The van der Waals surface area contributed by atoms with Gasteiger partial charge in [-0.05, 0) is 37.1 Å². The minimum atomic E-state index is -2.97. The van der Waals surface area contributed by atoms with Crippen molar-refractivity contribution in [1.29, 1.82) is 0 Å². The Morgan fingerprint density at radius 3 is 2.42 bits per heavy atom. The SMILES string of the molecule is CCCCS(=O)(=O)CCOc1ccc(CCN)cc1. The van der Waals surface area contributed by atoms with Gasteiger partial charge >= 0.3 is 0 Å². The first-order valence-electron chi connectivity index (χ1n) is 6.69. The van der Waals surface area contributed by atoms with Crippen molar-refractivity contribution in [3.8, 4) is 5.75 Å². The fourth-order valence-corrected chi connectivity index (χ4v) is 2.94. The molecule has 0 saturated heterocycles. The molecule has 0 radical (unpaired) electrons. The number of unbranched alkanes of at least 4 members (excludes halogenated alkanes) is 1. The van der Waals surface area contributed by atoms with E-state index in [-0.39, 0.29) is 18.1 Å². The third-order valence-electron chi connectivity index (χ3n) is 2.83. The van der Waals surface area contributed by atoms with Crippen LogP contribution in [0.5, 0.6) is 5.75 Å². The van der Waals surface area contributed by atoms with Crippen molar-refractivity contribution in [1.82, 2.24) is 0 Å². The first-order chi connectivity index (χ1) is 9.07. The molecule has 0 spiro atoms. The summed E-state index contributed by atoms with van der Waals surface area (Å²) in [5.74, 6) is 1.03. The highest BCUT2D eigenvalue weighted by molar-refractivity contribution is 7.91. The molecule has 1 rings (SSSR count). The minimum Gasteiger partial charge on any atom is -0.493 e. The topological polar surface area (TPSA) is 69.4 Å². The van der Waals surface area contributed by atoms with E-state index in [0.29, 0.717) is 12.3 Å². The van der Waals surface area contributed by atoms with Gasteiger partial charge < -0.3 is 10.5 Å². The number of hydrogen-bond donors (Lipinski definition) is 1. The summed E-state index contributed by atoms with van der Waals surface area (Å²) in [6.07, 6.45) is 2.45. The van der Waals surface area contributed by atoms with Gasteiger partial charge in [-0.25, -0.2) is 8.42 Å². The van der Waals surface area contributed by atoms with E-state index < -0.39 is 9.84 Å². The summed E-state index contributed by atoms with van der Waals surface area (Å²) in [5.41, 5.74) is 6.63. The van der Waals surface area contributed by atoms with Crippen molar-refractivity contribution >= 4 is 9.84 Å². The summed E-state index contributed by atoms with van der Waals surface area (Å²) in [4.78, 5) is 0. The molecular formula is C14H23NO3S. The van der Waals surface area contributed by atoms with Gasteiger partial charge in [-0.3, -0.25) is 0 Å². The summed E-state index contributed by atoms with van der Waals surface area (Å²) in [7, 11) is -2.97. The van der Waals surface area contributed by atoms with Crippen LogP contribution in [0.15, 0.2) is 24.3 Å². The second-order valence-corrected chi connectivity index (χ2v) is 6.84. The van der Waals surface area contributed by atoms with E-state index >= 15 is 0 Å². The van der Waals surface area contributed by atoms with Gasteiger partial charge in [0.2, 0.25) is 0 Å². The molecule has 5 heteroatoms. The molecule has 1 aromatic carbocycles. The van der Waals surface area contributed by atoms with Crippen LogP contribution in [-0.2, 0) is 16.3 Å². The van der Waals surface area contributed by atoms with Crippen LogP contribution in [0.25, 0.3) is 0 Å². The normalized spacial score (nSPS) is 11.5. The Balaban J connectivity index is 2.36. The number of rotatable bonds is 9. The van der Waals surface area contributed by atoms with Crippen molar-refractivity contribution in [3.63, 3.8) is 0 Å². The molecule has 0 aromatic heterocycles. The fraction of sp³-hybridized carbons (Fsp3) is 0.571. The van der Waals surface area contributed by atoms with E-state index in [1.54, 1.807) is 0 Å². The average Bonchev–Trinajstić information content (AvgIpc) is 2.39. The predicted octanol–water partition coefficient (Wildman–Crippen LogP) is 1.78. The number of benzene rings is 1. The van der Waals surface area contributed by atoms with Crippen molar-refractivity contribution in [2.75, 3.05) is 24.7 Å². The summed E-state index contributed by atoms with van der Waals surface area (Å²) in [6, 6.07) is 7.61. The van der Waals surface area contributed by atoms with Crippen molar-refractivity contribution in [2.24, 2.45) is 5.73 Å². The maximum atomic E-state index is 11.6. The van der Waals surface area contributed by atoms with Crippen LogP contribution in [0.3, 0.4) is 0 Å². The van der Waals surface area contributed by atoms with Crippen LogP contribution in [0.1, 0.15) is 25.3 Å². The fourth-order valence-electron chi connectivity index (χ4n) is 1.67. The van der Waals surface area contributed by atoms with Crippen molar-refractivity contribution in [3.05, 3.63) is 29.8 Å². The zero-order chi connectivity index (χ0) is 14.1. The Morgan fingerprint density at radius 1 is 1.16 bits per heavy atom.